The Hall–Kier alpha value is -3.09. The van der Waals surface area contributed by atoms with Gasteiger partial charge in [-0.3, -0.25) is 15.1 Å². The maximum atomic E-state index is 11.8. The molecule has 1 aromatic heterocycles. The van der Waals surface area contributed by atoms with Gasteiger partial charge in [0.05, 0.1) is 0 Å². The molecule has 142 valence electrons. The predicted octanol–water partition coefficient (Wildman–Crippen LogP) is 3.82. The first-order chi connectivity index (χ1) is 12.8. The van der Waals surface area contributed by atoms with Crippen molar-refractivity contribution in [3.63, 3.8) is 0 Å². The lowest BCUT2D eigenvalue weighted by atomic mass is 9.94. The molecule has 2 atom stereocenters. The van der Waals surface area contributed by atoms with Crippen molar-refractivity contribution in [3.05, 3.63) is 42.2 Å². The number of anilines is 1. The van der Waals surface area contributed by atoms with Gasteiger partial charge in [-0.15, -0.1) is 0 Å². The molecule has 27 heavy (non-hydrogen) atoms. The molecule has 1 aliphatic heterocycles. The summed E-state index contributed by atoms with van der Waals surface area (Å²) in [5, 5.41) is 14.5. The summed E-state index contributed by atoms with van der Waals surface area (Å²) in [6.07, 6.45) is 3.03. The van der Waals surface area contributed by atoms with Gasteiger partial charge in [-0.2, -0.15) is 0 Å². The lowest BCUT2D eigenvalue weighted by Gasteiger charge is -2.32. The Morgan fingerprint density at radius 1 is 1.37 bits per heavy atom. The van der Waals surface area contributed by atoms with Crippen molar-refractivity contribution in [1.29, 1.82) is 0 Å². The highest BCUT2D eigenvalue weighted by molar-refractivity contribution is 5.81. The number of carbonyl (C=O) groups excluding carboxylic acids is 1. The van der Waals surface area contributed by atoms with Gasteiger partial charge < -0.3 is 15.2 Å². The summed E-state index contributed by atoms with van der Waals surface area (Å²) in [4.78, 5) is 27.2. The SMILES string of the molecule is CC(C)C[C@@](C=O)(NC(=O)O)Nc1ccc2c(c1)OC(C)c1cnccc1-2. The van der Waals surface area contributed by atoms with E-state index in [1.165, 1.54) is 0 Å². The second-order valence-electron chi connectivity index (χ2n) is 7.18. The van der Waals surface area contributed by atoms with Crippen molar-refractivity contribution in [2.45, 2.75) is 39.0 Å². The Kier molecular flexibility index (Phi) is 5.03. The molecule has 3 rings (SSSR count). The number of fused-ring (bicyclic) bond motifs is 3. The third kappa shape index (κ3) is 3.86. The summed E-state index contributed by atoms with van der Waals surface area (Å²) >= 11 is 0. The summed E-state index contributed by atoms with van der Waals surface area (Å²) in [5.74, 6) is 0.772. The van der Waals surface area contributed by atoms with E-state index in [2.05, 4.69) is 15.6 Å². The largest absolute Gasteiger partial charge is 0.485 e. The van der Waals surface area contributed by atoms with E-state index < -0.39 is 11.8 Å². The first-order valence-corrected chi connectivity index (χ1v) is 8.84. The zero-order valence-electron chi connectivity index (χ0n) is 15.5. The van der Waals surface area contributed by atoms with Gasteiger partial charge >= 0.3 is 6.09 Å². The van der Waals surface area contributed by atoms with Crippen LogP contribution in [0.15, 0.2) is 36.7 Å². The maximum Gasteiger partial charge on any atom is 0.406 e. The first-order valence-electron chi connectivity index (χ1n) is 8.84. The van der Waals surface area contributed by atoms with E-state index in [1.807, 2.05) is 39.0 Å². The number of aldehydes is 1. The molecule has 0 aliphatic carbocycles. The number of hydrogen-bond donors (Lipinski definition) is 3. The summed E-state index contributed by atoms with van der Waals surface area (Å²) < 4.78 is 6.00. The van der Waals surface area contributed by atoms with Crippen LogP contribution in [0, 0.1) is 5.92 Å². The van der Waals surface area contributed by atoms with Gasteiger partial charge in [0.25, 0.3) is 0 Å². The Bertz CT molecular complexity index is 868. The molecular formula is C20H23N3O4. The molecule has 2 heterocycles. The Morgan fingerprint density at radius 3 is 2.81 bits per heavy atom. The molecule has 0 saturated heterocycles. The fourth-order valence-corrected chi connectivity index (χ4v) is 3.48. The normalized spacial score (nSPS) is 17.1. The van der Waals surface area contributed by atoms with Crippen LogP contribution in [0.1, 0.15) is 38.9 Å². The van der Waals surface area contributed by atoms with Gasteiger partial charge in [-0.1, -0.05) is 13.8 Å². The van der Waals surface area contributed by atoms with Gasteiger partial charge in [0, 0.05) is 35.3 Å². The van der Waals surface area contributed by atoms with Crippen LogP contribution < -0.4 is 15.4 Å². The summed E-state index contributed by atoms with van der Waals surface area (Å²) in [6.45, 7) is 5.79. The van der Waals surface area contributed by atoms with E-state index in [0.717, 1.165) is 16.7 Å². The van der Waals surface area contributed by atoms with Crippen LogP contribution in [0.4, 0.5) is 10.5 Å². The first kappa shape index (κ1) is 18.7. The number of aromatic nitrogens is 1. The highest BCUT2D eigenvalue weighted by Crippen LogP contribution is 2.43. The Balaban J connectivity index is 1.96. The fourth-order valence-electron chi connectivity index (χ4n) is 3.48. The van der Waals surface area contributed by atoms with Gasteiger partial charge in [0.15, 0.2) is 11.9 Å². The number of benzene rings is 1. The molecule has 3 N–H and O–H groups in total. The van der Waals surface area contributed by atoms with E-state index in [0.29, 0.717) is 24.1 Å². The lowest BCUT2D eigenvalue weighted by Crippen LogP contribution is -2.56. The van der Waals surface area contributed by atoms with E-state index in [9.17, 15) is 9.59 Å². The topological polar surface area (TPSA) is 101 Å². The number of amides is 1. The van der Waals surface area contributed by atoms with E-state index >= 15 is 0 Å². The molecule has 1 unspecified atom stereocenters. The quantitative estimate of drug-likeness (QED) is 0.529. The minimum absolute atomic E-state index is 0.0998. The van der Waals surface area contributed by atoms with Crippen LogP contribution in [-0.4, -0.2) is 28.1 Å². The predicted molar refractivity (Wildman–Crippen MR) is 102 cm³/mol. The maximum absolute atomic E-state index is 11.8. The average molecular weight is 369 g/mol. The number of nitrogens with one attached hydrogen (secondary N) is 2. The van der Waals surface area contributed by atoms with Gasteiger partial charge in [0.2, 0.25) is 0 Å². The van der Waals surface area contributed by atoms with Gasteiger partial charge in [0.1, 0.15) is 11.9 Å². The van der Waals surface area contributed by atoms with Crippen molar-refractivity contribution >= 4 is 18.1 Å². The minimum Gasteiger partial charge on any atom is -0.485 e. The summed E-state index contributed by atoms with van der Waals surface area (Å²) in [6, 6.07) is 7.44. The van der Waals surface area contributed by atoms with E-state index in [-0.39, 0.29) is 12.0 Å². The second-order valence-corrected chi connectivity index (χ2v) is 7.18. The third-order valence-corrected chi connectivity index (χ3v) is 4.49. The van der Waals surface area contributed by atoms with Crippen molar-refractivity contribution < 1.29 is 19.4 Å². The van der Waals surface area contributed by atoms with Crippen molar-refractivity contribution in [3.8, 4) is 16.9 Å². The summed E-state index contributed by atoms with van der Waals surface area (Å²) in [5.41, 5.74) is 2.19. The molecule has 7 nitrogen and oxygen atoms in total. The van der Waals surface area contributed by atoms with Crippen molar-refractivity contribution in [1.82, 2.24) is 10.3 Å². The van der Waals surface area contributed by atoms with E-state index in [4.69, 9.17) is 9.84 Å². The molecule has 1 amide bonds. The average Bonchev–Trinajstić information content (AvgIpc) is 2.60. The molecular weight excluding hydrogens is 346 g/mol. The molecule has 0 spiro atoms. The number of carbonyl (C=O) groups is 2. The highest BCUT2D eigenvalue weighted by atomic mass is 16.5. The van der Waals surface area contributed by atoms with Crippen LogP contribution in [0.3, 0.4) is 0 Å². The monoisotopic (exact) mass is 369 g/mol. The molecule has 2 aromatic rings. The molecule has 0 saturated carbocycles. The number of pyridine rings is 1. The van der Waals surface area contributed by atoms with Crippen LogP contribution in [-0.2, 0) is 4.79 Å². The molecule has 7 heteroatoms. The van der Waals surface area contributed by atoms with Crippen LogP contribution in [0.5, 0.6) is 5.75 Å². The van der Waals surface area contributed by atoms with Gasteiger partial charge in [-0.25, -0.2) is 4.79 Å². The third-order valence-electron chi connectivity index (χ3n) is 4.49. The zero-order valence-corrected chi connectivity index (χ0v) is 15.5. The van der Waals surface area contributed by atoms with Gasteiger partial charge in [-0.05, 0) is 43.0 Å². The number of carboxylic acid groups (broad SMARTS) is 1. The fraction of sp³-hybridized carbons (Fsp3) is 0.350. The minimum atomic E-state index is -1.41. The molecule has 0 radical (unpaired) electrons. The highest BCUT2D eigenvalue weighted by Gasteiger charge is 2.33. The Labute approximate surface area is 157 Å². The standard InChI is InChI=1S/C20H23N3O4/c1-12(2)9-20(11-24,23-19(25)26)22-14-4-5-16-15-6-7-21-10-17(15)13(3)27-18(16)8-14/h4-8,10-13,22-23H,9H2,1-3H3,(H,25,26)/t13?,20-/m0/s1. The second kappa shape index (κ2) is 7.26. The summed E-state index contributed by atoms with van der Waals surface area (Å²) in [7, 11) is 0. The number of ether oxygens (including phenoxy) is 1. The van der Waals surface area contributed by atoms with Crippen molar-refractivity contribution in [2.24, 2.45) is 5.92 Å². The van der Waals surface area contributed by atoms with Crippen molar-refractivity contribution in [2.75, 3.05) is 5.32 Å². The lowest BCUT2D eigenvalue weighted by molar-refractivity contribution is -0.112. The molecule has 1 aromatic carbocycles. The molecule has 0 fully saturated rings. The van der Waals surface area contributed by atoms with Crippen LogP contribution in [0.25, 0.3) is 11.1 Å². The van der Waals surface area contributed by atoms with E-state index in [1.54, 1.807) is 18.5 Å². The van der Waals surface area contributed by atoms with Crippen LogP contribution in [0.2, 0.25) is 0 Å². The number of hydrogen-bond acceptors (Lipinski definition) is 5. The number of rotatable bonds is 6. The zero-order chi connectivity index (χ0) is 19.6. The van der Waals surface area contributed by atoms with Crippen LogP contribution >= 0.6 is 0 Å². The molecule has 1 aliphatic rings. The Morgan fingerprint density at radius 2 is 2.15 bits per heavy atom. The molecule has 0 bridgehead atoms. The number of nitrogens with zero attached hydrogens (tertiary/aromatic N) is 1. The smallest absolute Gasteiger partial charge is 0.406 e.